The van der Waals surface area contributed by atoms with Gasteiger partial charge in [-0.3, -0.25) is 19.0 Å². The normalized spacial score (nSPS) is 10.4. The Balaban J connectivity index is 1.76. The average Bonchev–Trinajstić information content (AvgIpc) is 3.21. The largest absolute Gasteiger partial charge is 0.478 e. The van der Waals surface area contributed by atoms with E-state index in [9.17, 15) is 14.4 Å². The van der Waals surface area contributed by atoms with Crippen molar-refractivity contribution in [2.24, 2.45) is 14.1 Å². The van der Waals surface area contributed by atoms with Crippen molar-refractivity contribution >= 4 is 29.2 Å². The molecular weight excluding hydrogens is 352 g/mol. The minimum Gasteiger partial charge on any atom is -0.478 e. The van der Waals surface area contributed by atoms with Crippen LogP contribution in [-0.2, 0) is 14.1 Å². The average molecular weight is 368 g/mol. The Morgan fingerprint density at radius 3 is 2.30 bits per heavy atom. The lowest BCUT2D eigenvalue weighted by Gasteiger charge is -2.09. The second-order valence-electron chi connectivity index (χ2n) is 5.70. The second-order valence-corrected chi connectivity index (χ2v) is 5.70. The number of aromatic carboxylic acids is 1. The Kier molecular flexibility index (Phi) is 4.71. The molecule has 0 atom stereocenters. The Bertz CT molecular complexity index is 1040. The van der Waals surface area contributed by atoms with E-state index in [1.54, 1.807) is 43.6 Å². The molecule has 2 heterocycles. The highest BCUT2D eigenvalue weighted by atomic mass is 16.4. The van der Waals surface area contributed by atoms with Crippen LogP contribution in [0.2, 0.25) is 0 Å². The molecule has 0 radical (unpaired) electrons. The minimum absolute atomic E-state index is 0.0783. The van der Waals surface area contributed by atoms with Crippen molar-refractivity contribution in [2.75, 3.05) is 10.6 Å². The van der Waals surface area contributed by atoms with Gasteiger partial charge in [-0.05, 0) is 24.3 Å². The predicted octanol–water partition coefficient (Wildman–Crippen LogP) is 1.36. The number of hydrogen-bond donors (Lipinski definition) is 3. The Morgan fingerprint density at radius 1 is 1.04 bits per heavy atom. The molecule has 0 fully saturated rings. The van der Waals surface area contributed by atoms with Gasteiger partial charge < -0.3 is 15.7 Å². The van der Waals surface area contributed by atoms with Gasteiger partial charge in [-0.1, -0.05) is 6.07 Å². The van der Waals surface area contributed by atoms with E-state index in [4.69, 9.17) is 5.11 Å². The first-order valence-electron chi connectivity index (χ1n) is 7.83. The molecule has 0 aliphatic heterocycles. The molecule has 138 valence electrons. The fourth-order valence-electron chi connectivity index (χ4n) is 2.46. The molecule has 2 amide bonds. The molecular formula is C17H16N6O4. The molecule has 3 N–H and O–H groups in total. The molecule has 0 aliphatic carbocycles. The summed E-state index contributed by atoms with van der Waals surface area (Å²) in [6, 6.07) is 8.05. The van der Waals surface area contributed by atoms with Crippen molar-refractivity contribution in [2.45, 2.75) is 0 Å². The lowest BCUT2D eigenvalue weighted by molar-refractivity contribution is 0.0692. The molecule has 0 unspecified atom stereocenters. The summed E-state index contributed by atoms with van der Waals surface area (Å²) in [6.45, 7) is 0. The van der Waals surface area contributed by atoms with E-state index in [0.717, 1.165) is 6.20 Å². The smallest absolute Gasteiger partial charge is 0.339 e. The number of carboxylic acid groups (broad SMARTS) is 1. The summed E-state index contributed by atoms with van der Waals surface area (Å²) < 4.78 is 2.70. The van der Waals surface area contributed by atoms with Gasteiger partial charge in [-0.25, -0.2) is 4.79 Å². The number of carbonyl (C=O) groups excluding carboxylic acids is 2. The van der Waals surface area contributed by atoms with Crippen LogP contribution in [0.15, 0.2) is 42.7 Å². The van der Waals surface area contributed by atoms with Gasteiger partial charge in [0.1, 0.15) is 11.3 Å². The van der Waals surface area contributed by atoms with Gasteiger partial charge >= 0.3 is 5.97 Å². The van der Waals surface area contributed by atoms with Gasteiger partial charge in [0.25, 0.3) is 11.8 Å². The SMILES string of the molecule is Cn1ccc(C(=O)Nc2cccc(NC(=O)c3c(C(=O)O)cnn3C)c2)n1. The van der Waals surface area contributed by atoms with Crippen LogP contribution in [0.5, 0.6) is 0 Å². The van der Waals surface area contributed by atoms with Crippen molar-refractivity contribution in [3.8, 4) is 0 Å². The van der Waals surface area contributed by atoms with Crippen LogP contribution in [0.3, 0.4) is 0 Å². The maximum absolute atomic E-state index is 12.4. The van der Waals surface area contributed by atoms with Crippen LogP contribution >= 0.6 is 0 Å². The van der Waals surface area contributed by atoms with E-state index in [1.165, 1.54) is 16.4 Å². The summed E-state index contributed by atoms with van der Waals surface area (Å²) in [4.78, 5) is 35.8. The molecule has 0 bridgehead atoms. The molecule has 3 rings (SSSR count). The Labute approximate surface area is 153 Å². The van der Waals surface area contributed by atoms with E-state index < -0.39 is 11.9 Å². The van der Waals surface area contributed by atoms with Crippen molar-refractivity contribution in [1.82, 2.24) is 19.6 Å². The van der Waals surface area contributed by atoms with Crippen molar-refractivity contribution in [3.63, 3.8) is 0 Å². The number of aryl methyl sites for hydroxylation is 2. The number of benzene rings is 1. The van der Waals surface area contributed by atoms with E-state index in [2.05, 4.69) is 20.8 Å². The molecule has 3 aromatic rings. The number of rotatable bonds is 5. The van der Waals surface area contributed by atoms with Crippen LogP contribution < -0.4 is 10.6 Å². The summed E-state index contributed by atoms with van der Waals surface area (Å²) in [5.41, 5.74) is 0.816. The second kappa shape index (κ2) is 7.12. The lowest BCUT2D eigenvalue weighted by atomic mass is 10.2. The Morgan fingerprint density at radius 2 is 1.70 bits per heavy atom. The molecule has 2 aromatic heterocycles. The predicted molar refractivity (Wildman–Crippen MR) is 95.7 cm³/mol. The maximum atomic E-state index is 12.4. The summed E-state index contributed by atoms with van der Waals surface area (Å²) in [5, 5.41) is 22.3. The number of amides is 2. The van der Waals surface area contributed by atoms with Gasteiger partial charge in [0.15, 0.2) is 5.69 Å². The van der Waals surface area contributed by atoms with E-state index in [1.807, 2.05) is 0 Å². The highest BCUT2D eigenvalue weighted by Gasteiger charge is 2.21. The summed E-state index contributed by atoms with van der Waals surface area (Å²) in [7, 11) is 3.18. The van der Waals surface area contributed by atoms with Gasteiger partial charge in [0.2, 0.25) is 0 Å². The van der Waals surface area contributed by atoms with Gasteiger partial charge in [0, 0.05) is 31.7 Å². The summed E-state index contributed by atoms with van der Waals surface area (Å²) >= 11 is 0. The molecule has 0 spiro atoms. The van der Waals surface area contributed by atoms with Crippen LogP contribution in [0.4, 0.5) is 11.4 Å². The highest BCUT2D eigenvalue weighted by molar-refractivity contribution is 6.10. The molecule has 0 saturated carbocycles. The minimum atomic E-state index is -1.25. The fraction of sp³-hybridized carbons (Fsp3) is 0.118. The number of nitrogens with one attached hydrogen (secondary N) is 2. The van der Waals surface area contributed by atoms with Gasteiger partial charge in [-0.2, -0.15) is 10.2 Å². The number of carbonyl (C=O) groups is 3. The van der Waals surface area contributed by atoms with Crippen molar-refractivity contribution < 1.29 is 19.5 Å². The van der Waals surface area contributed by atoms with E-state index in [0.29, 0.717) is 11.4 Å². The molecule has 1 aromatic carbocycles. The summed E-state index contributed by atoms with van der Waals surface area (Å²) in [6.07, 6.45) is 2.76. The van der Waals surface area contributed by atoms with E-state index >= 15 is 0 Å². The number of hydrogen-bond acceptors (Lipinski definition) is 5. The number of anilines is 2. The quantitative estimate of drug-likeness (QED) is 0.623. The zero-order chi connectivity index (χ0) is 19.6. The lowest BCUT2D eigenvalue weighted by Crippen LogP contribution is -2.19. The van der Waals surface area contributed by atoms with Crippen LogP contribution in [0.1, 0.15) is 31.3 Å². The van der Waals surface area contributed by atoms with Gasteiger partial charge in [-0.15, -0.1) is 0 Å². The first-order chi connectivity index (χ1) is 12.8. The first kappa shape index (κ1) is 17.9. The molecule has 27 heavy (non-hydrogen) atoms. The number of aromatic nitrogens is 4. The first-order valence-corrected chi connectivity index (χ1v) is 7.83. The third kappa shape index (κ3) is 3.84. The molecule has 10 nitrogen and oxygen atoms in total. The van der Waals surface area contributed by atoms with Crippen LogP contribution in [0.25, 0.3) is 0 Å². The van der Waals surface area contributed by atoms with Crippen LogP contribution in [0, 0.1) is 0 Å². The zero-order valence-electron chi connectivity index (χ0n) is 14.5. The Hall–Kier alpha value is -3.95. The zero-order valence-corrected chi connectivity index (χ0v) is 14.5. The van der Waals surface area contributed by atoms with Crippen molar-refractivity contribution in [3.05, 3.63) is 59.7 Å². The summed E-state index contributed by atoms with van der Waals surface area (Å²) in [5.74, 6) is -2.26. The monoisotopic (exact) mass is 368 g/mol. The maximum Gasteiger partial charge on any atom is 0.339 e. The molecule has 10 heteroatoms. The highest BCUT2D eigenvalue weighted by Crippen LogP contribution is 2.18. The number of nitrogens with zero attached hydrogens (tertiary/aromatic N) is 4. The van der Waals surface area contributed by atoms with Crippen molar-refractivity contribution in [1.29, 1.82) is 0 Å². The topological polar surface area (TPSA) is 131 Å². The fourth-order valence-corrected chi connectivity index (χ4v) is 2.46. The van der Waals surface area contributed by atoms with E-state index in [-0.39, 0.29) is 22.9 Å². The third-order valence-corrected chi connectivity index (χ3v) is 3.71. The van der Waals surface area contributed by atoms with Gasteiger partial charge in [0.05, 0.1) is 6.20 Å². The van der Waals surface area contributed by atoms with Crippen LogP contribution in [-0.4, -0.2) is 42.5 Å². The standard InChI is InChI=1S/C17H16N6O4/c1-22-7-6-13(21-22)15(24)19-10-4-3-5-11(8-10)20-16(25)14-12(17(26)27)9-18-23(14)2/h3-9H,1-2H3,(H,19,24)(H,20,25)(H,26,27). The molecule has 0 saturated heterocycles. The third-order valence-electron chi connectivity index (χ3n) is 3.71. The number of carboxylic acids is 1. The molecule has 0 aliphatic rings.